The molecule has 180 valence electrons. The van der Waals surface area contributed by atoms with Crippen molar-refractivity contribution in [1.29, 1.82) is 0 Å². The molecule has 0 saturated carbocycles. The van der Waals surface area contributed by atoms with E-state index in [1.165, 1.54) is 0 Å². The van der Waals surface area contributed by atoms with Crippen LogP contribution in [0.4, 0.5) is 0 Å². The Balaban J connectivity index is 0.00000210. The highest BCUT2D eigenvalue weighted by Crippen LogP contribution is 2.28. The standard InChI is InChI=1S/C29H27NO3.CH4O/c1-6-8-25-26(20(5)31)18-28(30-27(25)9-7-2)23-14-10-21(11-15-23)22-12-16-24(17-13-22)29(32)33-19(3)4;1-2/h1,7,9-19H,8H2,2-5H3;2H,1H3/b9-7-;. The Morgan fingerprint density at radius 2 is 1.57 bits per heavy atom. The first-order valence-electron chi connectivity index (χ1n) is 11.3. The molecule has 0 bridgehead atoms. The molecular weight excluding hydrogens is 438 g/mol. The number of Topliss-reactive ketones (excluding diaryl/α,β-unsaturated/α-hetero) is 1. The van der Waals surface area contributed by atoms with Gasteiger partial charge < -0.3 is 9.84 Å². The number of hydrogen-bond donors (Lipinski definition) is 1. The van der Waals surface area contributed by atoms with E-state index in [0.717, 1.165) is 29.4 Å². The van der Waals surface area contributed by atoms with E-state index < -0.39 is 0 Å². The molecule has 0 aliphatic rings. The van der Waals surface area contributed by atoms with Gasteiger partial charge in [-0.25, -0.2) is 9.78 Å². The van der Waals surface area contributed by atoms with Crippen molar-refractivity contribution in [3.05, 3.63) is 83.1 Å². The molecule has 1 heterocycles. The van der Waals surface area contributed by atoms with E-state index in [9.17, 15) is 9.59 Å². The predicted molar refractivity (Wildman–Crippen MR) is 141 cm³/mol. The zero-order valence-electron chi connectivity index (χ0n) is 20.8. The first-order chi connectivity index (χ1) is 16.8. The molecular formula is C30H31NO4. The molecule has 35 heavy (non-hydrogen) atoms. The summed E-state index contributed by atoms with van der Waals surface area (Å²) >= 11 is 0. The van der Waals surface area contributed by atoms with Gasteiger partial charge in [0.1, 0.15) is 0 Å². The van der Waals surface area contributed by atoms with E-state index in [4.69, 9.17) is 21.3 Å². The Hall–Kier alpha value is -4.01. The second kappa shape index (κ2) is 13.0. The minimum atomic E-state index is -0.329. The largest absolute Gasteiger partial charge is 0.459 e. The van der Waals surface area contributed by atoms with Crippen molar-refractivity contribution in [2.75, 3.05) is 7.11 Å². The first-order valence-corrected chi connectivity index (χ1v) is 11.3. The molecule has 2 aromatic carbocycles. The highest BCUT2D eigenvalue weighted by molar-refractivity contribution is 5.97. The van der Waals surface area contributed by atoms with Crippen LogP contribution in [0.3, 0.4) is 0 Å². The number of hydrogen-bond acceptors (Lipinski definition) is 5. The zero-order chi connectivity index (χ0) is 26.0. The third-order valence-electron chi connectivity index (χ3n) is 5.12. The van der Waals surface area contributed by atoms with E-state index in [-0.39, 0.29) is 17.9 Å². The molecule has 5 heteroatoms. The number of esters is 1. The predicted octanol–water partition coefficient (Wildman–Crippen LogP) is 6.00. The van der Waals surface area contributed by atoms with Gasteiger partial charge in [-0.15, -0.1) is 12.3 Å². The maximum absolute atomic E-state index is 12.3. The topological polar surface area (TPSA) is 76.5 Å². The molecule has 0 aliphatic heterocycles. The van der Waals surface area contributed by atoms with Crippen molar-refractivity contribution < 1.29 is 19.4 Å². The van der Waals surface area contributed by atoms with Gasteiger partial charge in [0.2, 0.25) is 0 Å². The lowest BCUT2D eigenvalue weighted by Crippen LogP contribution is -2.11. The van der Waals surface area contributed by atoms with Crippen LogP contribution in [0.25, 0.3) is 28.5 Å². The van der Waals surface area contributed by atoms with Crippen molar-refractivity contribution in [1.82, 2.24) is 4.98 Å². The summed E-state index contributed by atoms with van der Waals surface area (Å²) in [6.45, 7) is 7.10. The summed E-state index contributed by atoms with van der Waals surface area (Å²) in [6, 6.07) is 17.1. The van der Waals surface area contributed by atoms with Crippen LogP contribution in [0.2, 0.25) is 0 Å². The number of pyridine rings is 1. The van der Waals surface area contributed by atoms with Gasteiger partial charge in [-0.05, 0) is 63.1 Å². The van der Waals surface area contributed by atoms with Crippen molar-refractivity contribution in [2.45, 2.75) is 40.2 Å². The quantitative estimate of drug-likeness (QED) is 0.261. The molecule has 0 radical (unpaired) electrons. The highest BCUT2D eigenvalue weighted by Gasteiger charge is 2.15. The van der Waals surface area contributed by atoms with Gasteiger partial charge in [0.05, 0.1) is 23.1 Å². The molecule has 0 fully saturated rings. The van der Waals surface area contributed by atoms with E-state index >= 15 is 0 Å². The van der Waals surface area contributed by atoms with Crippen LogP contribution in [-0.4, -0.2) is 35.1 Å². The number of benzene rings is 2. The number of carbonyl (C=O) groups is 2. The van der Waals surface area contributed by atoms with Gasteiger partial charge in [0.25, 0.3) is 0 Å². The molecule has 0 amide bonds. The maximum Gasteiger partial charge on any atom is 0.338 e. The summed E-state index contributed by atoms with van der Waals surface area (Å²) < 4.78 is 5.24. The van der Waals surface area contributed by atoms with Crippen molar-refractivity contribution >= 4 is 17.8 Å². The Kier molecular flexibility index (Phi) is 10.1. The van der Waals surface area contributed by atoms with Crippen LogP contribution >= 0.6 is 0 Å². The zero-order valence-corrected chi connectivity index (χ0v) is 20.8. The molecule has 0 spiro atoms. The number of aromatic nitrogens is 1. The molecule has 1 aromatic heterocycles. The Morgan fingerprint density at radius 3 is 2.06 bits per heavy atom. The number of allylic oxidation sites excluding steroid dienone is 1. The maximum atomic E-state index is 12.3. The first kappa shape index (κ1) is 27.2. The summed E-state index contributed by atoms with van der Waals surface area (Å²) in [5, 5.41) is 7.00. The van der Waals surface area contributed by atoms with Gasteiger partial charge in [0.15, 0.2) is 5.78 Å². The normalized spacial score (nSPS) is 10.5. The minimum Gasteiger partial charge on any atom is -0.459 e. The van der Waals surface area contributed by atoms with E-state index in [1.54, 1.807) is 19.1 Å². The third-order valence-corrected chi connectivity index (χ3v) is 5.12. The number of terminal acetylenes is 1. The smallest absolute Gasteiger partial charge is 0.338 e. The molecule has 0 aliphatic carbocycles. The van der Waals surface area contributed by atoms with Crippen LogP contribution in [0.5, 0.6) is 0 Å². The summed E-state index contributed by atoms with van der Waals surface area (Å²) in [4.78, 5) is 29.1. The fourth-order valence-corrected chi connectivity index (χ4v) is 3.55. The summed E-state index contributed by atoms with van der Waals surface area (Å²) in [6.07, 6.45) is 9.48. The van der Waals surface area contributed by atoms with E-state index in [1.807, 2.05) is 75.4 Å². The number of ether oxygens (including phenoxy) is 1. The lowest BCUT2D eigenvalue weighted by molar-refractivity contribution is 0.0378. The molecule has 0 saturated heterocycles. The van der Waals surface area contributed by atoms with Gasteiger partial charge >= 0.3 is 5.97 Å². The fourth-order valence-electron chi connectivity index (χ4n) is 3.55. The number of aliphatic hydroxyl groups excluding tert-OH is 1. The van der Waals surface area contributed by atoms with Crippen molar-refractivity contribution in [2.24, 2.45) is 0 Å². The van der Waals surface area contributed by atoms with Gasteiger partial charge in [0, 0.05) is 30.2 Å². The van der Waals surface area contributed by atoms with E-state index in [0.29, 0.717) is 28.9 Å². The van der Waals surface area contributed by atoms with Crippen LogP contribution in [0.15, 0.2) is 60.7 Å². The fraction of sp³-hybridized carbons (Fsp3) is 0.233. The van der Waals surface area contributed by atoms with Crippen molar-refractivity contribution in [3.8, 4) is 34.7 Å². The van der Waals surface area contributed by atoms with Gasteiger partial charge in [-0.3, -0.25) is 4.79 Å². The number of rotatable bonds is 7. The molecule has 1 N–H and O–H groups in total. The summed E-state index contributed by atoms with van der Waals surface area (Å²) in [5.41, 5.74) is 6.22. The van der Waals surface area contributed by atoms with Crippen LogP contribution in [0, 0.1) is 12.3 Å². The second-order valence-electron chi connectivity index (χ2n) is 7.96. The average molecular weight is 470 g/mol. The Bertz CT molecular complexity index is 1230. The SMILES string of the molecule is C#CCc1c(C(C)=O)cc(-c2ccc(-c3ccc(C(=O)OC(C)C)cc3)cc2)nc1/C=C\C.CO. The number of carbonyl (C=O) groups excluding carboxylic acids is 2. The number of ketones is 1. The summed E-state index contributed by atoms with van der Waals surface area (Å²) in [7, 11) is 1.00. The minimum absolute atomic E-state index is 0.0395. The molecule has 0 unspecified atom stereocenters. The lowest BCUT2D eigenvalue weighted by Gasteiger charge is -2.12. The molecule has 0 atom stereocenters. The Morgan fingerprint density at radius 1 is 1.03 bits per heavy atom. The average Bonchev–Trinajstić information content (AvgIpc) is 2.86. The van der Waals surface area contributed by atoms with Crippen LogP contribution in [-0.2, 0) is 11.2 Å². The highest BCUT2D eigenvalue weighted by atomic mass is 16.5. The molecule has 5 nitrogen and oxygen atoms in total. The third kappa shape index (κ3) is 6.99. The van der Waals surface area contributed by atoms with Crippen LogP contribution in [0.1, 0.15) is 59.7 Å². The Labute approximate surface area is 207 Å². The second-order valence-corrected chi connectivity index (χ2v) is 7.96. The molecule has 3 aromatic rings. The monoisotopic (exact) mass is 469 g/mol. The molecule has 3 rings (SSSR count). The van der Waals surface area contributed by atoms with Crippen molar-refractivity contribution in [3.63, 3.8) is 0 Å². The van der Waals surface area contributed by atoms with E-state index in [2.05, 4.69) is 5.92 Å². The number of nitrogens with zero attached hydrogens (tertiary/aromatic N) is 1. The van der Waals surface area contributed by atoms with Gasteiger partial charge in [-0.2, -0.15) is 0 Å². The summed E-state index contributed by atoms with van der Waals surface area (Å²) in [5.74, 6) is 2.26. The van der Waals surface area contributed by atoms with Gasteiger partial charge in [-0.1, -0.05) is 42.5 Å². The lowest BCUT2D eigenvalue weighted by atomic mass is 9.96. The van der Waals surface area contributed by atoms with Crippen LogP contribution < -0.4 is 0 Å². The number of aliphatic hydroxyl groups is 1.